The van der Waals surface area contributed by atoms with Gasteiger partial charge in [0, 0.05) is 17.5 Å². The van der Waals surface area contributed by atoms with Gasteiger partial charge in [-0.05, 0) is 79.6 Å². The Morgan fingerprint density at radius 1 is 1.06 bits per heavy atom. The molecule has 5 rings (SSSR count). The Kier molecular flexibility index (Phi) is 5.40. The molecule has 172 valence electrons. The van der Waals surface area contributed by atoms with Crippen molar-refractivity contribution in [1.82, 2.24) is 14.7 Å². The van der Waals surface area contributed by atoms with Crippen molar-refractivity contribution >= 4 is 16.8 Å². The maximum absolute atomic E-state index is 14.0. The third-order valence-corrected chi connectivity index (χ3v) is 6.18. The van der Waals surface area contributed by atoms with Crippen LogP contribution in [0.15, 0.2) is 79.0 Å². The van der Waals surface area contributed by atoms with Gasteiger partial charge in [0.25, 0.3) is 0 Å². The molecule has 2 atom stereocenters. The van der Waals surface area contributed by atoms with E-state index in [0.29, 0.717) is 23.4 Å². The predicted octanol–water partition coefficient (Wildman–Crippen LogP) is 5.73. The van der Waals surface area contributed by atoms with E-state index in [1.165, 1.54) is 24.3 Å². The first-order valence-electron chi connectivity index (χ1n) is 11.0. The average Bonchev–Trinajstić information content (AvgIpc) is 3.24. The molecule has 1 aromatic heterocycles. The monoisotopic (exact) mass is 459 g/mol. The van der Waals surface area contributed by atoms with Crippen LogP contribution in [-0.4, -0.2) is 26.6 Å². The number of ether oxygens (including phenoxy) is 1. The van der Waals surface area contributed by atoms with Crippen LogP contribution in [0.25, 0.3) is 16.6 Å². The topological polar surface area (TPSA) is 47.4 Å². The molecule has 4 aromatic rings. The summed E-state index contributed by atoms with van der Waals surface area (Å²) in [5.41, 5.74) is 3.57. The van der Waals surface area contributed by atoms with E-state index >= 15 is 0 Å². The minimum absolute atomic E-state index is 0.188. The Hall–Kier alpha value is -4.00. The highest BCUT2D eigenvalue weighted by molar-refractivity contribution is 5.92. The SMILES string of the molecule is C=C(C)C(=O)N1Cc2cc(F)ccc2[C@@H](Oc2ccc3c(cnn3-c3ccc(F)cc3)c2)[C@@H]1C. The van der Waals surface area contributed by atoms with Crippen LogP contribution in [0, 0.1) is 11.6 Å². The summed E-state index contributed by atoms with van der Waals surface area (Å²) in [5.74, 6) is -0.254. The summed E-state index contributed by atoms with van der Waals surface area (Å²) in [4.78, 5) is 14.4. The average molecular weight is 459 g/mol. The van der Waals surface area contributed by atoms with E-state index in [4.69, 9.17) is 4.74 Å². The Labute approximate surface area is 195 Å². The number of aromatic nitrogens is 2. The number of halogens is 2. The zero-order valence-electron chi connectivity index (χ0n) is 18.8. The van der Waals surface area contributed by atoms with Crippen LogP contribution in [0.1, 0.15) is 31.1 Å². The van der Waals surface area contributed by atoms with Crippen LogP contribution in [0.4, 0.5) is 8.78 Å². The summed E-state index contributed by atoms with van der Waals surface area (Å²) >= 11 is 0. The van der Waals surface area contributed by atoms with Gasteiger partial charge in [0.1, 0.15) is 23.5 Å². The third-order valence-electron chi connectivity index (χ3n) is 6.18. The lowest BCUT2D eigenvalue weighted by atomic mass is 9.91. The highest BCUT2D eigenvalue weighted by Gasteiger charge is 2.36. The van der Waals surface area contributed by atoms with E-state index in [2.05, 4.69) is 11.7 Å². The summed E-state index contributed by atoms with van der Waals surface area (Å²) < 4.78 is 35.4. The maximum atomic E-state index is 14.0. The van der Waals surface area contributed by atoms with Crippen LogP contribution in [0.3, 0.4) is 0 Å². The normalized spacial score (nSPS) is 17.5. The summed E-state index contributed by atoms with van der Waals surface area (Å²) in [6.07, 6.45) is 1.23. The van der Waals surface area contributed by atoms with Gasteiger partial charge in [-0.25, -0.2) is 13.5 Å². The van der Waals surface area contributed by atoms with E-state index in [1.54, 1.807) is 40.9 Å². The van der Waals surface area contributed by atoms with Crippen molar-refractivity contribution in [3.63, 3.8) is 0 Å². The van der Waals surface area contributed by atoms with Crippen molar-refractivity contribution in [1.29, 1.82) is 0 Å². The summed E-state index contributed by atoms with van der Waals surface area (Å²) in [5, 5.41) is 5.28. The molecule has 34 heavy (non-hydrogen) atoms. The quantitative estimate of drug-likeness (QED) is 0.366. The van der Waals surface area contributed by atoms with Crippen LogP contribution < -0.4 is 4.74 Å². The van der Waals surface area contributed by atoms with Gasteiger partial charge in [-0.2, -0.15) is 5.10 Å². The van der Waals surface area contributed by atoms with Crippen molar-refractivity contribution in [2.75, 3.05) is 0 Å². The Morgan fingerprint density at radius 3 is 2.53 bits per heavy atom. The maximum Gasteiger partial charge on any atom is 0.249 e. The zero-order chi connectivity index (χ0) is 24.0. The number of benzene rings is 3. The number of fused-ring (bicyclic) bond motifs is 2. The smallest absolute Gasteiger partial charge is 0.249 e. The molecule has 1 amide bonds. The fourth-order valence-electron chi connectivity index (χ4n) is 4.42. The van der Waals surface area contributed by atoms with Crippen molar-refractivity contribution in [2.24, 2.45) is 0 Å². The number of carbonyl (C=O) groups excluding carboxylic acids is 1. The second-order valence-electron chi connectivity index (χ2n) is 8.59. The van der Waals surface area contributed by atoms with Gasteiger partial charge in [0.15, 0.2) is 0 Å². The molecule has 7 heteroatoms. The number of rotatable bonds is 4. The molecule has 2 heterocycles. The van der Waals surface area contributed by atoms with E-state index in [1.807, 2.05) is 25.1 Å². The zero-order valence-corrected chi connectivity index (χ0v) is 18.8. The second kappa shape index (κ2) is 8.41. The van der Waals surface area contributed by atoms with Crippen LogP contribution >= 0.6 is 0 Å². The predicted molar refractivity (Wildman–Crippen MR) is 126 cm³/mol. The minimum atomic E-state index is -0.489. The molecule has 0 unspecified atom stereocenters. The first-order valence-corrected chi connectivity index (χ1v) is 11.0. The number of hydrogen-bond acceptors (Lipinski definition) is 3. The molecule has 0 N–H and O–H groups in total. The van der Waals surface area contributed by atoms with E-state index in [0.717, 1.165) is 22.2 Å². The fraction of sp³-hybridized carbons (Fsp3) is 0.185. The van der Waals surface area contributed by atoms with Crippen LogP contribution in [0.5, 0.6) is 5.75 Å². The standard InChI is InChI=1S/C27H23F2N3O2/c1-16(2)27(33)31-15-19-12-21(29)6-10-24(19)26(17(31)3)34-23-9-11-25-18(13-23)14-30-32(25)22-7-4-20(28)5-8-22/h4-14,17,26H,1,15H2,2-3H3/t17-,26-/m0/s1. The fourth-order valence-corrected chi connectivity index (χ4v) is 4.42. The Morgan fingerprint density at radius 2 is 1.79 bits per heavy atom. The van der Waals surface area contributed by atoms with Crippen molar-refractivity contribution in [3.8, 4) is 11.4 Å². The number of nitrogens with zero attached hydrogens (tertiary/aromatic N) is 3. The van der Waals surface area contributed by atoms with Gasteiger partial charge in [-0.1, -0.05) is 12.6 Å². The van der Waals surface area contributed by atoms with Crippen molar-refractivity contribution in [3.05, 3.63) is 102 Å². The van der Waals surface area contributed by atoms with Gasteiger partial charge in [-0.3, -0.25) is 4.79 Å². The first kappa shape index (κ1) is 21.8. The summed E-state index contributed by atoms with van der Waals surface area (Å²) in [6.45, 7) is 7.66. The van der Waals surface area contributed by atoms with Crippen LogP contribution in [-0.2, 0) is 11.3 Å². The Bertz CT molecular complexity index is 1410. The summed E-state index contributed by atoms with van der Waals surface area (Å²) in [6, 6.07) is 16.0. The molecule has 0 spiro atoms. The van der Waals surface area contributed by atoms with E-state index < -0.39 is 6.10 Å². The van der Waals surface area contributed by atoms with Crippen LogP contribution in [0.2, 0.25) is 0 Å². The van der Waals surface area contributed by atoms with Gasteiger partial charge in [-0.15, -0.1) is 0 Å². The molecule has 5 nitrogen and oxygen atoms in total. The number of carbonyl (C=O) groups is 1. The molecule has 3 aromatic carbocycles. The van der Waals surface area contributed by atoms with Gasteiger partial charge in [0.2, 0.25) is 5.91 Å². The van der Waals surface area contributed by atoms with E-state index in [9.17, 15) is 13.6 Å². The van der Waals surface area contributed by atoms with Crippen molar-refractivity contribution < 1.29 is 18.3 Å². The van der Waals surface area contributed by atoms with Crippen molar-refractivity contribution in [2.45, 2.75) is 32.5 Å². The lowest BCUT2D eigenvalue weighted by molar-refractivity contribution is -0.132. The van der Waals surface area contributed by atoms with Gasteiger partial charge in [0.05, 0.1) is 23.4 Å². The summed E-state index contributed by atoms with van der Waals surface area (Å²) in [7, 11) is 0. The molecule has 0 saturated heterocycles. The van der Waals surface area contributed by atoms with Gasteiger partial charge >= 0.3 is 0 Å². The first-order chi connectivity index (χ1) is 16.3. The molecular formula is C27H23F2N3O2. The second-order valence-corrected chi connectivity index (χ2v) is 8.59. The lowest BCUT2D eigenvalue weighted by Gasteiger charge is -2.40. The van der Waals surface area contributed by atoms with Gasteiger partial charge < -0.3 is 9.64 Å². The molecular weight excluding hydrogens is 436 g/mol. The molecule has 0 radical (unpaired) electrons. The minimum Gasteiger partial charge on any atom is -0.484 e. The molecule has 1 aliphatic heterocycles. The number of hydrogen-bond donors (Lipinski definition) is 0. The molecule has 0 aliphatic carbocycles. The lowest BCUT2D eigenvalue weighted by Crippen LogP contribution is -2.47. The highest BCUT2D eigenvalue weighted by atomic mass is 19.1. The molecule has 1 aliphatic rings. The molecule has 0 fully saturated rings. The molecule has 0 bridgehead atoms. The largest absolute Gasteiger partial charge is 0.484 e. The highest BCUT2D eigenvalue weighted by Crippen LogP contribution is 2.37. The van der Waals surface area contributed by atoms with E-state index in [-0.39, 0.29) is 23.6 Å². The molecule has 0 saturated carbocycles. The number of amides is 1. The Balaban J connectivity index is 1.50. The third kappa shape index (κ3) is 3.83.